The molecule has 0 bridgehead atoms. The van der Waals surface area contributed by atoms with E-state index in [0.29, 0.717) is 0 Å². The molecule has 2 amide bonds. The van der Waals surface area contributed by atoms with Gasteiger partial charge in [0.1, 0.15) is 146 Å². The van der Waals surface area contributed by atoms with E-state index in [1.165, 1.54) is 0 Å². The van der Waals surface area contributed by atoms with Crippen LogP contribution in [0.3, 0.4) is 0 Å². The normalized spacial score (nSPS) is 47.7. The molecule has 6 aliphatic heterocycles. The summed E-state index contributed by atoms with van der Waals surface area (Å²) in [6.07, 6.45) is -56.8. The van der Waals surface area contributed by atoms with Crippen molar-refractivity contribution in [2.45, 2.75) is 210 Å². The maximum Gasteiger partial charge on any atom is 0.364 e. The number of amides is 2. The fourth-order valence-corrected chi connectivity index (χ4v) is 9.76. The van der Waals surface area contributed by atoms with Crippen molar-refractivity contribution in [3.63, 3.8) is 0 Å². The summed E-state index contributed by atoms with van der Waals surface area (Å²) in [7, 11) is 0. The second-order valence-electron chi connectivity index (χ2n) is 19.7. The number of aliphatic carboxylic acids is 1. The number of aliphatic hydroxyl groups is 19. The monoisotopic (exact) mass is 1160 g/mol. The Balaban J connectivity index is 1.18. The van der Waals surface area contributed by atoms with E-state index >= 15 is 0 Å². The van der Waals surface area contributed by atoms with Gasteiger partial charge in [-0.2, -0.15) is 0 Å². The summed E-state index contributed by atoms with van der Waals surface area (Å²) in [5.41, 5.74) is 0. The molecule has 458 valence electrons. The molecule has 6 saturated heterocycles. The highest BCUT2D eigenvalue weighted by molar-refractivity contribution is 5.76. The van der Waals surface area contributed by atoms with Crippen molar-refractivity contribution in [2.24, 2.45) is 0 Å². The summed E-state index contributed by atoms with van der Waals surface area (Å²) in [5, 5.41) is 217. The van der Waals surface area contributed by atoms with Gasteiger partial charge in [-0.1, -0.05) is 0 Å². The Kier molecular flexibility index (Phi) is 22.9. The molecular weight excluding hydrogens is 1090 g/mol. The molecule has 0 aromatic heterocycles. The van der Waals surface area contributed by atoms with Crippen LogP contribution in [0.25, 0.3) is 0 Å². The Labute approximate surface area is 446 Å². The number of aliphatic hydroxyl groups excluding tert-OH is 19. The van der Waals surface area contributed by atoms with Crippen LogP contribution in [0.1, 0.15) is 20.3 Å². The summed E-state index contributed by atoms with van der Waals surface area (Å²) in [6.45, 7) is -4.12. The molecule has 0 saturated carbocycles. The minimum absolute atomic E-state index is 0.722. The van der Waals surface area contributed by atoms with Gasteiger partial charge in [0.25, 0.3) is 5.79 Å². The van der Waals surface area contributed by atoms with Crippen molar-refractivity contribution >= 4 is 17.8 Å². The highest BCUT2D eigenvalue weighted by atomic mass is 16.8. The molecule has 0 unspecified atom stereocenters. The van der Waals surface area contributed by atoms with Crippen LogP contribution >= 0.6 is 0 Å². The quantitative estimate of drug-likeness (QED) is 0.0507. The van der Waals surface area contributed by atoms with Crippen LogP contribution in [0.2, 0.25) is 0 Å². The molecule has 0 radical (unpaired) electrons. The van der Waals surface area contributed by atoms with Crippen molar-refractivity contribution in [1.29, 1.82) is 0 Å². The third-order valence-corrected chi connectivity index (χ3v) is 14.2. The van der Waals surface area contributed by atoms with Crippen LogP contribution in [0, 0.1) is 0 Å². The molecule has 0 aliphatic carbocycles. The molecule has 0 spiro atoms. The van der Waals surface area contributed by atoms with Crippen LogP contribution in [-0.2, 0) is 66.5 Å². The first-order valence-corrected chi connectivity index (χ1v) is 24.7. The first-order valence-electron chi connectivity index (χ1n) is 24.7. The summed E-state index contributed by atoms with van der Waals surface area (Å²) in [5.74, 6) is -6.60. The van der Waals surface area contributed by atoms with Crippen molar-refractivity contribution in [2.75, 3.05) is 39.6 Å². The van der Waals surface area contributed by atoms with Gasteiger partial charge in [-0.25, -0.2) is 4.79 Å². The van der Waals surface area contributed by atoms with Crippen molar-refractivity contribution < 1.29 is 169 Å². The zero-order chi connectivity index (χ0) is 58.7. The topological polar surface area (TPSA) is 581 Å². The second-order valence-corrected chi connectivity index (χ2v) is 19.7. The number of carbonyl (C=O) groups excluding carboxylic acids is 2. The highest BCUT2D eigenvalue weighted by Crippen LogP contribution is 2.37. The van der Waals surface area contributed by atoms with E-state index in [2.05, 4.69) is 10.6 Å². The molecule has 6 aliphatic rings. The fraction of sp³-hybridized carbons (Fsp3) is 0.930. The number of nitrogens with one attached hydrogen (secondary N) is 2. The summed E-state index contributed by atoms with van der Waals surface area (Å²) in [6, 6.07) is -3.40. The van der Waals surface area contributed by atoms with Gasteiger partial charge in [0.15, 0.2) is 31.5 Å². The predicted molar refractivity (Wildman–Crippen MR) is 240 cm³/mol. The first kappa shape index (κ1) is 65.4. The number of carboxylic acids is 1. The molecule has 31 atom stereocenters. The van der Waals surface area contributed by atoms with Crippen LogP contribution in [0.4, 0.5) is 0 Å². The Morgan fingerprint density at radius 1 is 0.519 bits per heavy atom. The maximum absolute atomic E-state index is 12.6. The fourth-order valence-electron chi connectivity index (χ4n) is 9.76. The predicted octanol–water partition coefficient (Wildman–Crippen LogP) is -14.6. The van der Waals surface area contributed by atoms with E-state index in [1.54, 1.807) is 0 Å². The van der Waals surface area contributed by atoms with E-state index in [1.807, 2.05) is 0 Å². The van der Waals surface area contributed by atoms with Crippen LogP contribution < -0.4 is 10.6 Å². The van der Waals surface area contributed by atoms with Gasteiger partial charge >= 0.3 is 5.97 Å². The third-order valence-electron chi connectivity index (χ3n) is 14.2. The van der Waals surface area contributed by atoms with E-state index in [9.17, 15) is 117 Å². The van der Waals surface area contributed by atoms with E-state index in [0.717, 1.165) is 13.8 Å². The molecule has 36 heteroatoms. The number of carboxylic acid groups (broad SMARTS) is 1. The summed E-state index contributed by atoms with van der Waals surface area (Å²) >= 11 is 0. The van der Waals surface area contributed by atoms with Gasteiger partial charge in [0.05, 0.1) is 45.7 Å². The Morgan fingerprint density at radius 3 is 1.48 bits per heavy atom. The SMILES string of the molecule is CC(=O)N[C@@H]1[C@@H](O)[C@H](O[C@@H]2O[C@H](CO[C@H]3O[C@H](CO)[C@@H](O)[C@H](O)[C@@H]3O[C@@H]3O[C@H](CO)[C@@H](O[C@@H]4O[C@H](CO[C@]5(C(=O)O)C[C@H](O)[C@@H](O)[C@H]([C@H](O)[C@H](O)CO)O5)[C@H](O)[C@H](O)[C@H]4O)[C@H](O)[C@H]3NC(C)=O)[C@@H](O)[C@H](O)[C@@H]2O)[C@@H](CO)O[C@H]1O. The van der Waals surface area contributed by atoms with Crippen molar-refractivity contribution in [1.82, 2.24) is 10.6 Å². The first-order chi connectivity index (χ1) is 37.1. The maximum atomic E-state index is 12.6. The van der Waals surface area contributed by atoms with E-state index < -0.39 is 254 Å². The van der Waals surface area contributed by atoms with Crippen molar-refractivity contribution in [3.05, 3.63) is 0 Å². The van der Waals surface area contributed by atoms with E-state index in [4.69, 9.17) is 52.1 Å². The van der Waals surface area contributed by atoms with E-state index in [-0.39, 0.29) is 0 Å². The van der Waals surface area contributed by atoms with Crippen LogP contribution in [-0.4, -0.2) is 349 Å². The van der Waals surface area contributed by atoms with Gasteiger partial charge in [-0.3, -0.25) is 9.59 Å². The zero-order valence-corrected chi connectivity index (χ0v) is 41.9. The second kappa shape index (κ2) is 27.7. The molecule has 6 fully saturated rings. The lowest BCUT2D eigenvalue weighted by molar-refractivity contribution is -0.380. The number of hydrogen-bond donors (Lipinski definition) is 22. The summed E-state index contributed by atoms with van der Waals surface area (Å²) in [4.78, 5) is 37.0. The largest absolute Gasteiger partial charge is 0.477 e. The third kappa shape index (κ3) is 14.2. The van der Waals surface area contributed by atoms with Gasteiger partial charge in [0.2, 0.25) is 11.8 Å². The standard InChI is InChI=1S/C43H72N2O34/c1-10(50)44-19-26(59)33(15(6-48)71-37(19)66)76-39-31(64)28(61)24(57)17(74-39)8-69-41-36(30(63)23(56)14(5-47)72-41)78-38-20(45-11(2)51)27(60)34(16(7-49)73-38)77-40-32(65)29(62)25(58)18(75-40)9-70-43(42(67)68)3-12(52)21(54)35(79-43)22(55)13(53)4-46/h12-41,46-49,52-66H,3-9H2,1-2H3,(H,44,50)(H,45,51)(H,67,68)/t12-,13+,14+,15+,16+,17+,18+,19+,20+,21+,22+,23+,24+,25-,26+,27+,28-,29-,30-,31-,32+,33+,34+,35+,36-,37+,38-,39-,40-,41-,43+/m0/s1. The van der Waals surface area contributed by atoms with Crippen molar-refractivity contribution in [3.8, 4) is 0 Å². The molecule has 6 rings (SSSR count). The molecular formula is C43H72N2O34. The number of rotatable bonds is 21. The van der Waals surface area contributed by atoms with Crippen LogP contribution in [0.15, 0.2) is 0 Å². The van der Waals surface area contributed by atoms with Gasteiger partial charge in [-0.05, 0) is 0 Å². The van der Waals surface area contributed by atoms with Crippen LogP contribution in [0.5, 0.6) is 0 Å². The number of ether oxygens (including phenoxy) is 11. The highest BCUT2D eigenvalue weighted by Gasteiger charge is 2.59. The molecule has 0 aromatic carbocycles. The summed E-state index contributed by atoms with van der Waals surface area (Å²) < 4.78 is 62.2. The lowest BCUT2D eigenvalue weighted by atomic mass is 9.90. The molecule has 0 aromatic rings. The smallest absolute Gasteiger partial charge is 0.364 e. The van der Waals surface area contributed by atoms with Gasteiger partial charge in [-0.15, -0.1) is 0 Å². The average Bonchev–Trinajstić information content (AvgIpc) is 3.51. The number of carbonyl (C=O) groups is 3. The zero-order valence-electron chi connectivity index (χ0n) is 41.9. The lowest BCUT2D eigenvalue weighted by Gasteiger charge is -2.49. The molecule has 36 nitrogen and oxygen atoms in total. The minimum Gasteiger partial charge on any atom is -0.477 e. The lowest BCUT2D eigenvalue weighted by Crippen LogP contribution is -2.69. The average molecular weight is 1160 g/mol. The Hall–Kier alpha value is -2.79. The molecule has 79 heavy (non-hydrogen) atoms. The van der Waals surface area contributed by atoms with Gasteiger partial charge < -0.3 is 165 Å². The Morgan fingerprint density at radius 2 is 0.975 bits per heavy atom. The Bertz CT molecular complexity index is 1970. The molecule has 6 heterocycles. The number of hydrogen-bond acceptors (Lipinski definition) is 33. The molecule has 22 N–H and O–H groups in total. The van der Waals surface area contributed by atoms with Gasteiger partial charge in [0, 0.05) is 20.3 Å². The minimum atomic E-state index is -2.99.